The number of benzene rings is 3. The molecule has 1 heterocycles. The molecular formula is C29H29N3O6S. The molecule has 0 bridgehead atoms. The van der Waals surface area contributed by atoms with Crippen molar-refractivity contribution in [1.82, 2.24) is 9.62 Å². The quantitative estimate of drug-likeness (QED) is 0.434. The summed E-state index contributed by atoms with van der Waals surface area (Å²) in [5.41, 5.74) is 1.61. The number of hydrogen-bond donors (Lipinski definition) is 1. The van der Waals surface area contributed by atoms with Crippen LogP contribution in [0, 0.1) is 16.7 Å². The molecule has 1 N–H and O–H groups in total. The Bertz CT molecular complexity index is 1480. The minimum atomic E-state index is -3.81. The van der Waals surface area contributed by atoms with Crippen molar-refractivity contribution in [3.63, 3.8) is 0 Å². The van der Waals surface area contributed by atoms with Gasteiger partial charge in [0.15, 0.2) is 0 Å². The third-order valence-electron chi connectivity index (χ3n) is 6.80. The first kappa shape index (κ1) is 27.7. The number of sulfonamides is 1. The van der Waals surface area contributed by atoms with Gasteiger partial charge < -0.3 is 14.4 Å². The van der Waals surface area contributed by atoms with Gasteiger partial charge in [-0.1, -0.05) is 24.3 Å². The van der Waals surface area contributed by atoms with Gasteiger partial charge in [-0.05, 0) is 73.0 Å². The summed E-state index contributed by atoms with van der Waals surface area (Å²) in [4.78, 5) is 28.0. The van der Waals surface area contributed by atoms with Crippen LogP contribution < -0.4 is 14.2 Å². The van der Waals surface area contributed by atoms with Crippen molar-refractivity contribution >= 4 is 21.8 Å². The number of amides is 2. The van der Waals surface area contributed by atoms with E-state index in [1.54, 1.807) is 48.5 Å². The predicted octanol–water partition coefficient (Wildman–Crippen LogP) is 3.61. The van der Waals surface area contributed by atoms with Crippen molar-refractivity contribution in [2.75, 3.05) is 32.6 Å². The molecule has 1 aliphatic rings. The van der Waals surface area contributed by atoms with Gasteiger partial charge in [-0.15, -0.1) is 0 Å². The van der Waals surface area contributed by atoms with Gasteiger partial charge in [-0.25, -0.2) is 8.42 Å². The minimum Gasteiger partial charge on any atom is -0.497 e. The van der Waals surface area contributed by atoms with E-state index in [1.807, 2.05) is 24.3 Å². The van der Waals surface area contributed by atoms with Gasteiger partial charge in [-0.3, -0.25) is 14.3 Å². The van der Waals surface area contributed by atoms with E-state index in [0.29, 0.717) is 22.6 Å². The average Bonchev–Trinajstić information content (AvgIpc) is 3.42. The van der Waals surface area contributed by atoms with Crippen LogP contribution >= 0.6 is 0 Å². The maximum absolute atomic E-state index is 13.3. The first-order valence-electron chi connectivity index (χ1n) is 12.4. The molecule has 9 nitrogen and oxygen atoms in total. The molecule has 0 aliphatic carbocycles. The third-order valence-corrected chi connectivity index (χ3v) is 8.06. The summed E-state index contributed by atoms with van der Waals surface area (Å²) in [6.07, 6.45) is 0.239. The molecule has 0 radical (unpaired) electrons. The molecule has 0 saturated carbocycles. The van der Waals surface area contributed by atoms with Gasteiger partial charge in [0.2, 0.25) is 15.9 Å². The van der Waals surface area contributed by atoms with Crippen LogP contribution in [0.1, 0.15) is 29.3 Å². The standard InChI is InChI=1S/C29H29N3O6S/c1-3-39(35,36)31-28(34)29(16-17-32(19-29)27(33)24-10-12-25(37-2)13-11-24)20-38-26-14-8-23(9-15-26)22-6-4-21(18-30)5-7-22/h4-15H,3,16-17,19-20H2,1-2H3,(H,31,34). The Morgan fingerprint density at radius 1 is 0.974 bits per heavy atom. The molecule has 3 aromatic carbocycles. The van der Waals surface area contributed by atoms with E-state index in [9.17, 15) is 18.0 Å². The van der Waals surface area contributed by atoms with E-state index in [2.05, 4.69) is 10.8 Å². The fraction of sp³-hybridized carbons (Fsp3) is 0.276. The van der Waals surface area contributed by atoms with Crippen molar-refractivity contribution in [2.45, 2.75) is 13.3 Å². The van der Waals surface area contributed by atoms with Gasteiger partial charge >= 0.3 is 0 Å². The number of hydrogen-bond acceptors (Lipinski definition) is 7. The summed E-state index contributed by atoms with van der Waals surface area (Å²) in [6.45, 7) is 1.61. The molecule has 1 unspecified atom stereocenters. The summed E-state index contributed by atoms with van der Waals surface area (Å²) >= 11 is 0. The first-order valence-corrected chi connectivity index (χ1v) is 14.1. The lowest BCUT2D eigenvalue weighted by molar-refractivity contribution is -0.130. The number of rotatable bonds is 9. The largest absolute Gasteiger partial charge is 0.497 e. The Labute approximate surface area is 228 Å². The molecule has 202 valence electrons. The second kappa shape index (κ2) is 11.6. The van der Waals surface area contributed by atoms with Gasteiger partial charge in [0, 0.05) is 18.7 Å². The van der Waals surface area contributed by atoms with E-state index in [4.69, 9.17) is 14.7 Å². The van der Waals surface area contributed by atoms with Gasteiger partial charge in [0.25, 0.3) is 5.91 Å². The topological polar surface area (TPSA) is 126 Å². The summed E-state index contributed by atoms with van der Waals surface area (Å²) < 4.78 is 37.7. The molecule has 0 spiro atoms. The zero-order valence-electron chi connectivity index (χ0n) is 21.7. The molecule has 1 saturated heterocycles. The molecule has 1 fully saturated rings. The second-order valence-corrected chi connectivity index (χ2v) is 11.3. The molecular weight excluding hydrogens is 518 g/mol. The maximum atomic E-state index is 13.3. The number of carbonyl (C=O) groups is 2. The van der Waals surface area contributed by atoms with Gasteiger partial charge in [0.05, 0.1) is 24.5 Å². The maximum Gasteiger partial charge on any atom is 0.253 e. The smallest absolute Gasteiger partial charge is 0.253 e. The number of nitriles is 1. The van der Waals surface area contributed by atoms with Crippen LogP contribution in [0.2, 0.25) is 0 Å². The number of methoxy groups -OCH3 is 1. The fourth-order valence-corrected chi connectivity index (χ4v) is 5.00. The molecule has 0 aromatic heterocycles. The monoisotopic (exact) mass is 547 g/mol. The highest BCUT2D eigenvalue weighted by Crippen LogP contribution is 2.34. The highest BCUT2D eigenvalue weighted by atomic mass is 32.2. The summed E-state index contributed by atoms with van der Waals surface area (Å²) in [6, 6.07) is 23.2. The fourth-order valence-electron chi connectivity index (χ4n) is 4.35. The lowest BCUT2D eigenvalue weighted by atomic mass is 9.87. The highest BCUT2D eigenvalue weighted by molar-refractivity contribution is 7.90. The van der Waals surface area contributed by atoms with Crippen LogP contribution in [-0.2, 0) is 14.8 Å². The number of carbonyl (C=O) groups excluding carboxylic acids is 2. The van der Waals surface area contributed by atoms with Crippen LogP contribution in [0.15, 0.2) is 72.8 Å². The Hall–Kier alpha value is -4.36. The van der Waals surface area contributed by atoms with E-state index in [0.717, 1.165) is 11.1 Å². The van der Waals surface area contributed by atoms with E-state index < -0.39 is 21.3 Å². The SMILES string of the molecule is CCS(=O)(=O)NC(=O)C1(COc2ccc(-c3ccc(C#N)cc3)cc2)CCN(C(=O)c2ccc(OC)cc2)C1. The molecule has 10 heteroatoms. The lowest BCUT2D eigenvalue weighted by Crippen LogP contribution is -2.49. The Morgan fingerprint density at radius 3 is 2.13 bits per heavy atom. The van der Waals surface area contributed by atoms with Crippen molar-refractivity contribution < 1.29 is 27.5 Å². The van der Waals surface area contributed by atoms with Crippen LogP contribution in [0.4, 0.5) is 0 Å². The average molecular weight is 548 g/mol. The van der Waals surface area contributed by atoms with Crippen LogP contribution in [0.25, 0.3) is 11.1 Å². The molecule has 2 amide bonds. The third kappa shape index (κ3) is 6.38. The van der Waals surface area contributed by atoms with E-state index in [1.165, 1.54) is 18.9 Å². The number of nitrogens with one attached hydrogen (secondary N) is 1. The second-order valence-electron chi connectivity index (χ2n) is 9.32. The zero-order valence-corrected chi connectivity index (χ0v) is 22.5. The van der Waals surface area contributed by atoms with Crippen molar-refractivity contribution in [2.24, 2.45) is 5.41 Å². The van der Waals surface area contributed by atoms with E-state index >= 15 is 0 Å². The lowest BCUT2D eigenvalue weighted by Gasteiger charge is -2.28. The number of nitrogens with zero attached hydrogens (tertiary/aromatic N) is 2. The molecule has 3 aromatic rings. The van der Waals surface area contributed by atoms with E-state index in [-0.39, 0.29) is 37.8 Å². The van der Waals surface area contributed by atoms with Crippen LogP contribution in [0.3, 0.4) is 0 Å². The first-order chi connectivity index (χ1) is 18.7. The van der Waals surface area contributed by atoms with Crippen LogP contribution in [0.5, 0.6) is 11.5 Å². The minimum absolute atomic E-state index is 0.00621. The molecule has 4 rings (SSSR count). The Kier molecular flexibility index (Phi) is 8.21. The highest BCUT2D eigenvalue weighted by Gasteiger charge is 2.48. The normalized spacial score (nSPS) is 16.8. The van der Waals surface area contributed by atoms with Crippen molar-refractivity contribution in [1.29, 1.82) is 5.26 Å². The number of ether oxygens (including phenoxy) is 2. The number of likely N-dealkylation sites (tertiary alicyclic amines) is 1. The Morgan fingerprint density at radius 2 is 1.56 bits per heavy atom. The molecule has 1 aliphatic heterocycles. The summed E-state index contributed by atoms with van der Waals surface area (Å²) in [5.74, 6) is -0.0926. The summed E-state index contributed by atoms with van der Waals surface area (Å²) in [5, 5.41) is 8.99. The van der Waals surface area contributed by atoms with Gasteiger partial charge in [-0.2, -0.15) is 5.26 Å². The summed E-state index contributed by atoms with van der Waals surface area (Å²) in [7, 11) is -2.27. The predicted molar refractivity (Wildman–Crippen MR) is 146 cm³/mol. The van der Waals surface area contributed by atoms with Crippen LogP contribution in [-0.4, -0.2) is 57.7 Å². The molecule has 39 heavy (non-hydrogen) atoms. The van der Waals surface area contributed by atoms with Crippen molar-refractivity contribution in [3.8, 4) is 28.7 Å². The van der Waals surface area contributed by atoms with Crippen molar-refractivity contribution in [3.05, 3.63) is 83.9 Å². The van der Waals surface area contributed by atoms with Gasteiger partial charge in [0.1, 0.15) is 23.5 Å². The Balaban J connectivity index is 1.51. The zero-order chi connectivity index (χ0) is 28.0. The molecule has 1 atom stereocenters.